The first kappa shape index (κ1) is 12.4. The van der Waals surface area contributed by atoms with Crippen LogP contribution in [0.2, 0.25) is 0 Å². The van der Waals surface area contributed by atoms with Gasteiger partial charge in [-0.25, -0.2) is 4.39 Å². The van der Waals surface area contributed by atoms with Crippen molar-refractivity contribution in [1.29, 1.82) is 0 Å². The summed E-state index contributed by atoms with van der Waals surface area (Å²) in [5.74, 6) is 0. The van der Waals surface area contributed by atoms with Crippen LogP contribution in [0.4, 0.5) is 4.39 Å². The van der Waals surface area contributed by atoms with Crippen molar-refractivity contribution in [2.75, 3.05) is 13.2 Å². The predicted octanol–water partition coefficient (Wildman–Crippen LogP) is 2.43. The number of alkyl halides is 1. The van der Waals surface area contributed by atoms with E-state index in [2.05, 4.69) is 6.58 Å². The van der Waals surface area contributed by atoms with E-state index in [0.717, 1.165) is 25.7 Å². The van der Waals surface area contributed by atoms with Crippen molar-refractivity contribution in [3.8, 4) is 0 Å². The molecule has 3 heteroatoms. The Labute approximate surface area is 79.4 Å². The highest BCUT2D eigenvalue weighted by Crippen LogP contribution is 2.07. The molecule has 1 unspecified atom stereocenters. The fourth-order valence-corrected chi connectivity index (χ4v) is 1.08. The summed E-state index contributed by atoms with van der Waals surface area (Å²) in [6, 6.07) is 0. The fourth-order valence-electron chi connectivity index (χ4n) is 1.08. The maximum atomic E-state index is 12.5. The van der Waals surface area contributed by atoms with Gasteiger partial charge in [0.2, 0.25) is 0 Å². The molecule has 13 heavy (non-hydrogen) atoms. The van der Waals surface area contributed by atoms with E-state index in [-0.39, 0.29) is 6.61 Å². The minimum Gasteiger partial charge on any atom is -0.502 e. The Bertz CT molecular complexity index is 117. The molecule has 0 aliphatic heterocycles. The van der Waals surface area contributed by atoms with E-state index in [0.29, 0.717) is 13.0 Å². The highest BCUT2D eigenvalue weighted by Gasteiger charge is 2.02. The Morgan fingerprint density at radius 3 is 2.62 bits per heavy atom. The second-order valence-corrected chi connectivity index (χ2v) is 3.02. The second-order valence-electron chi connectivity index (χ2n) is 3.02. The largest absolute Gasteiger partial charge is 0.502 e. The predicted molar refractivity (Wildman–Crippen MR) is 51.2 cm³/mol. The van der Waals surface area contributed by atoms with Crippen molar-refractivity contribution in [3.63, 3.8) is 0 Å². The first-order valence-electron chi connectivity index (χ1n) is 4.78. The van der Waals surface area contributed by atoms with Crippen LogP contribution in [0.1, 0.15) is 32.1 Å². The van der Waals surface area contributed by atoms with Gasteiger partial charge in [-0.2, -0.15) is 0 Å². The average Bonchev–Trinajstić information content (AvgIpc) is 2.16. The molecule has 0 spiro atoms. The number of hydrogen-bond acceptors (Lipinski definition) is 2. The summed E-state index contributed by atoms with van der Waals surface area (Å²) in [6.07, 6.45) is 4.75. The third kappa shape index (κ3) is 9.34. The van der Waals surface area contributed by atoms with Gasteiger partial charge in [-0.15, -0.1) is 0 Å². The van der Waals surface area contributed by atoms with Crippen molar-refractivity contribution in [2.24, 2.45) is 0 Å². The lowest BCUT2D eigenvalue weighted by Crippen LogP contribution is -2.05. The Balaban J connectivity index is 2.95. The number of rotatable bonds is 9. The van der Waals surface area contributed by atoms with E-state index in [1.165, 1.54) is 6.26 Å². The highest BCUT2D eigenvalue weighted by molar-refractivity contribution is 4.54. The molecule has 0 bridgehead atoms. The molecule has 0 aromatic carbocycles. The molecule has 0 rings (SSSR count). The molecule has 1 atom stereocenters. The Kier molecular flexibility index (Phi) is 9.10. The van der Waals surface area contributed by atoms with Crippen LogP contribution in [-0.4, -0.2) is 24.5 Å². The molecule has 0 saturated heterocycles. The molecule has 0 amide bonds. The molecule has 0 aliphatic carbocycles. The fraction of sp³-hybridized carbons (Fsp3) is 0.800. The number of aliphatic hydroxyl groups excluding tert-OH is 1. The molecule has 0 aromatic rings. The maximum Gasteiger partial charge on any atom is 0.123 e. The van der Waals surface area contributed by atoms with Gasteiger partial charge in [0.25, 0.3) is 0 Å². The van der Waals surface area contributed by atoms with Gasteiger partial charge in [0.1, 0.15) is 6.17 Å². The van der Waals surface area contributed by atoms with Gasteiger partial charge >= 0.3 is 0 Å². The topological polar surface area (TPSA) is 29.5 Å². The van der Waals surface area contributed by atoms with Crippen LogP contribution < -0.4 is 0 Å². The van der Waals surface area contributed by atoms with Crippen LogP contribution in [-0.2, 0) is 4.74 Å². The van der Waals surface area contributed by atoms with Gasteiger partial charge in [-0.05, 0) is 12.8 Å². The monoisotopic (exact) mass is 190 g/mol. The quantitative estimate of drug-likeness (QED) is 0.447. The number of hydrogen-bond donors (Lipinski definition) is 1. The summed E-state index contributed by atoms with van der Waals surface area (Å²) in [7, 11) is 0. The zero-order chi connectivity index (χ0) is 9.94. The van der Waals surface area contributed by atoms with E-state index in [9.17, 15) is 4.39 Å². The number of aliphatic hydroxyl groups is 1. The molecule has 1 N–H and O–H groups in total. The van der Waals surface area contributed by atoms with Crippen molar-refractivity contribution >= 4 is 0 Å². The van der Waals surface area contributed by atoms with Crippen molar-refractivity contribution < 1.29 is 14.2 Å². The molecular weight excluding hydrogens is 171 g/mol. The van der Waals surface area contributed by atoms with Gasteiger partial charge in [0.15, 0.2) is 0 Å². The zero-order valence-electron chi connectivity index (χ0n) is 8.04. The molecule has 0 saturated carbocycles. The van der Waals surface area contributed by atoms with Gasteiger partial charge < -0.3 is 9.84 Å². The number of ether oxygens (including phenoxy) is 1. The van der Waals surface area contributed by atoms with E-state index in [1.807, 2.05) is 0 Å². The lowest BCUT2D eigenvalue weighted by Gasteiger charge is -2.04. The Hall–Kier alpha value is -0.570. The smallest absolute Gasteiger partial charge is 0.123 e. The first-order chi connectivity index (χ1) is 6.31. The molecule has 0 heterocycles. The standard InChI is InChI=1S/C10H19FO2/c1-2-13-8-6-4-3-5-7-10(11)9-12/h2,10,12H,1,3-9H2. The van der Waals surface area contributed by atoms with Crippen LogP contribution >= 0.6 is 0 Å². The van der Waals surface area contributed by atoms with Crippen LogP contribution in [0.3, 0.4) is 0 Å². The van der Waals surface area contributed by atoms with Gasteiger partial charge in [0, 0.05) is 0 Å². The van der Waals surface area contributed by atoms with Crippen molar-refractivity contribution in [2.45, 2.75) is 38.3 Å². The number of unbranched alkanes of at least 4 members (excludes halogenated alkanes) is 3. The lowest BCUT2D eigenvalue weighted by molar-refractivity contribution is 0.166. The van der Waals surface area contributed by atoms with Crippen LogP contribution in [0, 0.1) is 0 Å². The molecule has 0 aromatic heterocycles. The van der Waals surface area contributed by atoms with Crippen LogP contribution in [0.25, 0.3) is 0 Å². The normalized spacial score (nSPS) is 12.5. The lowest BCUT2D eigenvalue weighted by atomic mass is 10.1. The third-order valence-corrected chi connectivity index (χ3v) is 1.85. The van der Waals surface area contributed by atoms with E-state index in [1.54, 1.807) is 0 Å². The molecule has 0 fully saturated rings. The van der Waals surface area contributed by atoms with E-state index < -0.39 is 6.17 Å². The van der Waals surface area contributed by atoms with Crippen molar-refractivity contribution in [1.82, 2.24) is 0 Å². The van der Waals surface area contributed by atoms with Crippen molar-refractivity contribution in [3.05, 3.63) is 12.8 Å². The summed E-state index contributed by atoms with van der Waals surface area (Å²) in [6.45, 7) is 3.78. The summed E-state index contributed by atoms with van der Waals surface area (Å²) in [5, 5.41) is 8.40. The second kappa shape index (κ2) is 9.52. The minimum absolute atomic E-state index is 0.348. The molecule has 0 radical (unpaired) electrons. The third-order valence-electron chi connectivity index (χ3n) is 1.85. The minimum atomic E-state index is -1.04. The number of halogens is 1. The van der Waals surface area contributed by atoms with Gasteiger partial charge in [-0.3, -0.25) is 0 Å². The molecule has 0 aliphatic rings. The highest BCUT2D eigenvalue weighted by atomic mass is 19.1. The Morgan fingerprint density at radius 2 is 2.00 bits per heavy atom. The SMILES string of the molecule is C=COCCCCCCC(F)CO. The van der Waals surface area contributed by atoms with Gasteiger partial charge in [0.05, 0.1) is 19.5 Å². The summed E-state index contributed by atoms with van der Waals surface area (Å²) in [4.78, 5) is 0. The summed E-state index contributed by atoms with van der Waals surface area (Å²) >= 11 is 0. The average molecular weight is 190 g/mol. The molecule has 78 valence electrons. The summed E-state index contributed by atoms with van der Waals surface area (Å²) in [5.41, 5.74) is 0. The van der Waals surface area contributed by atoms with Gasteiger partial charge in [-0.1, -0.05) is 25.8 Å². The molecule has 2 nitrogen and oxygen atoms in total. The summed E-state index contributed by atoms with van der Waals surface area (Å²) < 4.78 is 17.4. The zero-order valence-corrected chi connectivity index (χ0v) is 8.04. The Morgan fingerprint density at radius 1 is 1.31 bits per heavy atom. The van der Waals surface area contributed by atoms with Crippen LogP contribution in [0.5, 0.6) is 0 Å². The van der Waals surface area contributed by atoms with E-state index >= 15 is 0 Å². The van der Waals surface area contributed by atoms with E-state index in [4.69, 9.17) is 9.84 Å². The molecular formula is C10H19FO2. The maximum absolute atomic E-state index is 12.5. The van der Waals surface area contributed by atoms with Crippen LogP contribution in [0.15, 0.2) is 12.8 Å². The first-order valence-corrected chi connectivity index (χ1v) is 4.78.